The molecule has 0 saturated carbocycles. The molecule has 0 fully saturated rings. The van der Waals surface area contributed by atoms with Crippen molar-refractivity contribution in [1.29, 1.82) is 0 Å². The van der Waals surface area contributed by atoms with E-state index in [-0.39, 0.29) is 17.1 Å². The first kappa shape index (κ1) is 19.5. The first-order valence-electron chi connectivity index (χ1n) is 8.07. The van der Waals surface area contributed by atoms with Gasteiger partial charge in [-0.3, -0.25) is 14.5 Å². The highest BCUT2D eigenvalue weighted by atomic mass is 32.1. The minimum absolute atomic E-state index is 0.0431. The van der Waals surface area contributed by atoms with E-state index in [0.717, 1.165) is 10.7 Å². The highest BCUT2D eigenvalue weighted by Crippen LogP contribution is 2.29. The first-order valence-corrected chi connectivity index (χ1v) is 9.77. The molecule has 2 aromatic rings. The maximum absolute atomic E-state index is 12.5. The largest absolute Gasteiger partial charge is 0.289 e. The van der Waals surface area contributed by atoms with Gasteiger partial charge in [-0.05, 0) is 26.0 Å². The SMILES string of the molecule is CCN(C(C)=O)c1nc(/C=C/C(=O)c2sc(C(C)(C)C)nc2C)cs1. The molecular formula is C18H23N3O2S2. The lowest BCUT2D eigenvalue weighted by molar-refractivity contribution is -0.116. The number of aryl methyl sites for hydroxylation is 1. The van der Waals surface area contributed by atoms with Crippen LogP contribution in [0.4, 0.5) is 5.13 Å². The van der Waals surface area contributed by atoms with Crippen molar-refractivity contribution in [2.24, 2.45) is 0 Å². The van der Waals surface area contributed by atoms with Crippen LogP contribution in [0.2, 0.25) is 0 Å². The number of anilines is 1. The van der Waals surface area contributed by atoms with E-state index in [1.54, 1.807) is 11.0 Å². The Kier molecular flexibility index (Phi) is 5.90. The van der Waals surface area contributed by atoms with Gasteiger partial charge in [0.15, 0.2) is 10.9 Å². The van der Waals surface area contributed by atoms with Crippen molar-refractivity contribution in [2.75, 3.05) is 11.4 Å². The van der Waals surface area contributed by atoms with E-state index in [1.807, 2.05) is 19.2 Å². The van der Waals surface area contributed by atoms with Gasteiger partial charge in [0.25, 0.3) is 0 Å². The third-order valence-corrected chi connectivity index (χ3v) is 5.98. The summed E-state index contributed by atoms with van der Waals surface area (Å²) in [6, 6.07) is 0. The van der Waals surface area contributed by atoms with Gasteiger partial charge < -0.3 is 0 Å². The molecule has 0 aliphatic rings. The third-order valence-electron chi connectivity index (χ3n) is 3.50. The van der Waals surface area contributed by atoms with Crippen molar-refractivity contribution >= 4 is 45.6 Å². The standard InChI is InChI=1S/C18H23N3O2S2/c1-7-21(12(3)22)17-20-13(10-24-17)8-9-14(23)15-11(2)19-16(25-15)18(4,5)6/h8-10H,7H2,1-6H3/b9-8+. The minimum Gasteiger partial charge on any atom is -0.289 e. The van der Waals surface area contributed by atoms with Gasteiger partial charge in [0.1, 0.15) is 0 Å². The van der Waals surface area contributed by atoms with E-state index < -0.39 is 0 Å². The molecule has 2 rings (SSSR count). The molecule has 0 aromatic carbocycles. The summed E-state index contributed by atoms with van der Waals surface area (Å²) in [5.74, 6) is -0.114. The maximum Gasteiger partial charge on any atom is 0.225 e. The summed E-state index contributed by atoms with van der Waals surface area (Å²) in [5.41, 5.74) is 1.36. The van der Waals surface area contributed by atoms with Crippen LogP contribution in [0.3, 0.4) is 0 Å². The minimum atomic E-state index is -0.0716. The topological polar surface area (TPSA) is 63.2 Å². The van der Waals surface area contributed by atoms with Gasteiger partial charge in [-0.2, -0.15) is 0 Å². The number of aromatic nitrogens is 2. The summed E-state index contributed by atoms with van der Waals surface area (Å²) in [5, 5.41) is 3.44. The van der Waals surface area contributed by atoms with Crippen molar-refractivity contribution in [1.82, 2.24) is 9.97 Å². The van der Waals surface area contributed by atoms with Gasteiger partial charge >= 0.3 is 0 Å². The van der Waals surface area contributed by atoms with Crippen LogP contribution < -0.4 is 4.90 Å². The van der Waals surface area contributed by atoms with E-state index in [0.29, 0.717) is 22.2 Å². The monoisotopic (exact) mass is 377 g/mol. The van der Waals surface area contributed by atoms with Gasteiger partial charge in [-0.25, -0.2) is 9.97 Å². The van der Waals surface area contributed by atoms with Crippen LogP contribution in [0, 0.1) is 6.92 Å². The predicted molar refractivity (Wildman–Crippen MR) is 105 cm³/mol. The van der Waals surface area contributed by atoms with Gasteiger partial charge in [-0.15, -0.1) is 22.7 Å². The van der Waals surface area contributed by atoms with E-state index in [9.17, 15) is 9.59 Å². The molecule has 0 N–H and O–H groups in total. The average molecular weight is 378 g/mol. The van der Waals surface area contributed by atoms with Gasteiger partial charge in [0.2, 0.25) is 5.91 Å². The average Bonchev–Trinajstić information content (AvgIpc) is 3.11. The Hall–Kier alpha value is -1.86. The lowest BCUT2D eigenvalue weighted by atomic mass is 9.98. The molecule has 25 heavy (non-hydrogen) atoms. The zero-order valence-electron chi connectivity index (χ0n) is 15.4. The number of hydrogen-bond acceptors (Lipinski definition) is 6. The van der Waals surface area contributed by atoms with Crippen molar-refractivity contribution < 1.29 is 9.59 Å². The van der Waals surface area contributed by atoms with Crippen LogP contribution in [-0.2, 0) is 10.2 Å². The normalized spacial score (nSPS) is 11.9. The quantitative estimate of drug-likeness (QED) is 0.569. The highest BCUT2D eigenvalue weighted by Gasteiger charge is 2.22. The molecule has 0 unspecified atom stereocenters. The molecule has 2 heterocycles. The molecule has 134 valence electrons. The number of carbonyl (C=O) groups is 2. The molecule has 0 bridgehead atoms. The fraction of sp³-hybridized carbons (Fsp3) is 0.444. The van der Waals surface area contributed by atoms with Crippen molar-refractivity contribution in [3.05, 3.63) is 32.7 Å². The molecule has 0 saturated heterocycles. The van der Waals surface area contributed by atoms with E-state index in [4.69, 9.17) is 0 Å². The molecule has 1 amide bonds. The van der Waals surface area contributed by atoms with Gasteiger partial charge in [0, 0.05) is 24.3 Å². The Morgan fingerprint density at radius 2 is 1.96 bits per heavy atom. The van der Waals surface area contributed by atoms with Crippen molar-refractivity contribution in [3.63, 3.8) is 0 Å². The van der Waals surface area contributed by atoms with E-state index >= 15 is 0 Å². The Balaban J connectivity index is 2.17. The molecule has 7 heteroatoms. The summed E-state index contributed by atoms with van der Waals surface area (Å²) in [6.07, 6.45) is 3.21. The summed E-state index contributed by atoms with van der Waals surface area (Å²) in [6.45, 7) is 12.1. The van der Waals surface area contributed by atoms with Crippen LogP contribution in [-0.4, -0.2) is 28.2 Å². The van der Waals surface area contributed by atoms with Crippen LogP contribution in [0.5, 0.6) is 0 Å². The second-order valence-electron chi connectivity index (χ2n) is 6.70. The number of rotatable bonds is 5. The molecule has 2 aromatic heterocycles. The Bertz CT molecular complexity index is 813. The summed E-state index contributed by atoms with van der Waals surface area (Å²) in [7, 11) is 0. The molecule has 0 radical (unpaired) electrons. The zero-order chi connectivity index (χ0) is 18.8. The second kappa shape index (κ2) is 7.58. The summed E-state index contributed by atoms with van der Waals surface area (Å²) >= 11 is 2.84. The number of allylic oxidation sites excluding steroid dienone is 1. The zero-order valence-corrected chi connectivity index (χ0v) is 17.0. The van der Waals surface area contributed by atoms with Gasteiger partial charge in [0.05, 0.1) is 21.3 Å². The Morgan fingerprint density at radius 1 is 1.28 bits per heavy atom. The van der Waals surface area contributed by atoms with Crippen molar-refractivity contribution in [2.45, 2.75) is 47.0 Å². The molecule has 0 aliphatic heterocycles. The van der Waals surface area contributed by atoms with E-state index in [2.05, 4.69) is 30.7 Å². The number of carbonyl (C=O) groups excluding carboxylic acids is 2. The third kappa shape index (κ3) is 4.61. The van der Waals surface area contributed by atoms with Crippen LogP contribution in [0.25, 0.3) is 6.08 Å². The van der Waals surface area contributed by atoms with E-state index in [1.165, 1.54) is 35.7 Å². The molecule has 0 spiro atoms. The summed E-state index contributed by atoms with van der Waals surface area (Å²) in [4.78, 5) is 35.2. The van der Waals surface area contributed by atoms with Crippen LogP contribution in [0.15, 0.2) is 11.5 Å². The number of hydrogen-bond donors (Lipinski definition) is 0. The smallest absolute Gasteiger partial charge is 0.225 e. The fourth-order valence-electron chi connectivity index (χ4n) is 2.15. The van der Waals surface area contributed by atoms with Crippen LogP contribution in [0.1, 0.15) is 60.7 Å². The molecule has 0 aliphatic carbocycles. The first-order chi connectivity index (χ1) is 11.6. The number of ketones is 1. The number of amides is 1. The maximum atomic E-state index is 12.5. The lowest BCUT2D eigenvalue weighted by Crippen LogP contribution is -2.27. The molecule has 0 atom stereocenters. The Labute approximate surface area is 156 Å². The number of nitrogens with zero attached hydrogens (tertiary/aromatic N) is 3. The lowest BCUT2D eigenvalue weighted by Gasteiger charge is -2.14. The fourth-order valence-corrected chi connectivity index (χ4v) is 4.10. The molecule has 5 nitrogen and oxygen atoms in total. The highest BCUT2D eigenvalue weighted by molar-refractivity contribution is 7.14. The van der Waals surface area contributed by atoms with Crippen LogP contribution >= 0.6 is 22.7 Å². The predicted octanol–water partition coefficient (Wildman–Crippen LogP) is 4.47. The summed E-state index contributed by atoms with van der Waals surface area (Å²) < 4.78 is 0. The Morgan fingerprint density at radius 3 is 2.48 bits per heavy atom. The molecular weight excluding hydrogens is 354 g/mol. The second-order valence-corrected chi connectivity index (χ2v) is 8.53. The van der Waals surface area contributed by atoms with Crippen molar-refractivity contribution in [3.8, 4) is 0 Å². The number of thiazole rings is 2. The van der Waals surface area contributed by atoms with Gasteiger partial charge in [-0.1, -0.05) is 20.8 Å².